The van der Waals surface area contributed by atoms with Crippen molar-refractivity contribution in [2.45, 2.75) is 6.42 Å². The van der Waals surface area contributed by atoms with Gasteiger partial charge in [0, 0.05) is 34.1 Å². The minimum Gasteiger partial charge on any atom is -0.306 e. The van der Waals surface area contributed by atoms with Crippen LogP contribution < -0.4 is 5.09 Å². The highest BCUT2D eigenvalue weighted by Gasteiger charge is 2.32. The number of rotatable bonds is 5. The van der Waals surface area contributed by atoms with E-state index in [1.54, 1.807) is 0 Å². The summed E-state index contributed by atoms with van der Waals surface area (Å²) < 4.78 is 34.1. The minimum atomic E-state index is -3.34. The van der Waals surface area contributed by atoms with Gasteiger partial charge in [0.25, 0.3) is 0 Å². The van der Waals surface area contributed by atoms with Gasteiger partial charge in [-0.3, -0.25) is 4.57 Å². The summed E-state index contributed by atoms with van der Waals surface area (Å²) in [4.78, 5) is 0. The van der Waals surface area contributed by atoms with Crippen LogP contribution in [-0.2, 0) is 9.09 Å². The normalized spacial score (nSPS) is 31.4. The van der Waals surface area contributed by atoms with E-state index in [9.17, 15) is 4.57 Å². The zero-order valence-electron chi connectivity index (χ0n) is 9.71. The first kappa shape index (κ1) is 9.88. The van der Waals surface area contributed by atoms with Crippen LogP contribution in [0, 0.1) is 0 Å². The molecule has 1 saturated heterocycles. The van der Waals surface area contributed by atoms with Crippen LogP contribution in [0.15, 0.2) is 0 Å². The summed E-state index contributed by atoms with van der Waals surface area (Å²) in [5, 5.41) is 2.72. The van der Waals surface area contributed by atoms with Crippen LogP contribution in [0.4, 0.5) is 0 Å². The lowest BCUT2D eigenvalue weighted by atomic mass is 10.5. The molecule has 1 atom stereocenters. The smallest absolute Gasteiger partial charge is 0.306 e. The van der Waals surface area contributed by atoms with Crippen LogP contribution in [0.2, 0.25) is 0 Å². The fraction of sp³-hybridized carbons (Fsp3) is 1.00. The SMILES string of the molecule is [2H]C([2H])(CCl)N(CCCl)P1(=O)NCCCO1. The summed E-state index contributed by atoms with van der Waals surface area (Å²) in [6, 6.07) is 0. The number of hydrogen-bond donors (Lipinski definition) is 1. The van der Waals surface area contributed by atoms with Crippen molar-refractivity contribution in [1.82, 2.24) is 9.76 Å². The van der Waals surface area contributed by atoms with E-state index in [4.69, 9.17) is 30.5 Å². The number of halogens is 2. The molecular formula is C7H15Cl2N2O2P. The fourth-order valence-electron chi connectivity index (χ4n) is 1.13. The van der Waals surface area contributed by atoms with E-state index >= 15 is 0 Å². The number of nitrogens with one attached hydrogen (secondary N) is 1. The third-order valence-electron chi connectivity index (χ3n) is 1.76. The molecule has 1 aliphatic heterocycles. The standard InChI is InChI=1S/C7H15Cl2N2O2P/c8-2-5-11(6-3-9)14(12)10-4-1-7-13-14/h1-7H2,(H,10,12)/i5D2. The second kappa shape index (κ2) is 6.31. The van der Waals surface area contributed by atoms with Gasteiger partial charge in [0.2, 0.25) is 0 Å². The molecule has 0 bridgehead atoms. The molecule has 0 aromatic carbocycles. The zero-order chi connectivity index (χ0) is 12.2. The maximum atomic E-state index is 12.4. The molecule has 0 aliphatic carbocycles. The minimum absolute atomic E-state index is 0.117. The van der Waals surface area contributed by atoms with Crippen molar-refractivity contribution in [2.24, 2.45) is 0 Å². The first-order valence-corrected chi connectivity index (χ1v) is 7.01. The molecule has 1 N–H and O–H groups in total. The predicted octanol–water partition coefficient (Wildman–Crippen LogP) is 1.88. The van der Waals surface area contributed by atoms with Crippen molar-refractivity contribution >= 4 is 30.9 Å². The highest BCUT2D eigenvalue weighted by molar-refractivity contribution is 7.54. The van der Waals surface area contributed by atoms with Gasteiger partial charge >= 0.3 is 7.67 Å². The van der Waals surface area contributed by atoms with Gasteiger partial charge < -0.3 is 4.52 Å². The molecule has 0 amide bonds. The van der Waals surface area contributed by atoms with E-state index in [1.165, 1.54) is 0 Å². The van der Waals surface area contributed by atoms with Crippen molar-refractivity contribution in [3.63, 3.8) is 0 Å². The van der Waals surface area contributed by atoms with E-state index < -0.39 is 14.2 Å². The molecule has 1 fully saturated rings. The van der Waals surface area contributed by atoms with Crippen LogP contribution in [0.1, 0.15) is 9.16 Å². The van der Waals surface area contributed by atoms with E-state index in [-0.39, 0.29) is 18.3 Å². The van der Waals surface area contributed by atoms with Gasteiger partial charge in [-0.1, -0.05) is 0 Å². The van der Waals surface area contributed by atoms with E-state index in [0.717, 1.165) is 11.1 Å². The molecule has 1 aliphatic rings. The van der Waals surface area contributed by atoms with Gasteiger partial charge in [-0.25, -0.2) is 9.76 Å². The van der Waals surface area contributed by atoms with Crippen LogP contribution >= 0.6 is 30.9 Å². The monoisotopic (exact) mass is 262 g/mol. The Morgan fingerprint density at radius 3 is 2.86 bits per heavy atom. The summed E-state index contributed by atoms with van der Waals surface area (Å²) >= 11 is 11.1. The van der Waals surface area contributed by atoms with E-state index in [1.807, 2.05) is 0 Å². The Bertz CT molecular complexity index is 273. The molecule has 1 unspecified atom stereocenters. The summed E-state index contributed by atoms with van der Waals surface area (Å²) in [5.41, 5.74) is 0. The van der Waals surface area contributed by atoms with Crippen molar-refractivity contribution in [2.75, 3.05) is 38.0 Å². The average Bonchev–Trinajstić information content (AvgIpc) is 2.26. The van der Waals surface area contributed by atoms with Gasteiger partial charge in [0.05, 0.1) is 6.61 Å². The Balaban J connectivity index is 2.87. The first-order valence-electron chi connectivity index (χ1n) is 5.36. The fourth-order valence-corrected chi connectivity index (χ4v) is 3.49. The lowest BCUT2D eigenvalue weighted by Crippen LogP contribution is -2.35. The Hall–Kier alpha value is 0.690. The van der Waals surface area contributed by atoms with Crippen molar-refractivity contribution in [3.05, 3.63) is 0 Å². The third kappa shape index (κ3) is 3.37. The quantitative estimate of drug-likeness (QED) is 0.607. The van der Waals surface area contributed by atoms with Gasteiger partial charge in [0.15, 0.2) is 0 Å². The van der Waals surface area contributed by atoms with Gasteiger partial charge in [-0.05, 0) is 6.42 Å². The molecule has 1 heterocycles. The van der Waals surface area contributed by atoms with E-state index in [2.05, 4.69) is 5.09 Å². The number of nitrogens with zero attached hydrogens (tertiary/aromatic N) is 1. The molecule has 4 nitrogen and oxygen atoms in total. The van der Waals surface area contributed by atoms with Gasteiger partial charge in [-0.15, -0.1) is 23.2 Å². The second-order valence-corrected chi connectivity index (χ2v) is 5.46. The number of hydrogen-bond acceptors (Lipinski definition) is 2. The van der Waals surface area contributed by atoms with Crippen LogP contribution in [0.3, 0.4) is 0 Å². The van der Waals surface area contributed by atoms with Crippen molar-refractivity contribution in [3.8, 4) is 0 Å². The zero-order valence-corrected chi connectivity index (χ0v) is 10.1. The molecule has 0 radical (unpaired) electrons. The summed E-state index contributed by atoms with van der Waals surface area (Å²) in [6.45, 7) is -0.905. The second-order valence-electron chi connectivity index (χ2n) is 2.72. The van der Waals surface area contributed by atoms with Crippen molar-refractivity contribution < 1.29 is 11.8 Å². The maximum Gasteiger partial charge on any atom is 0.343 e. The van der Waals surface area contributed by atoms with E-state index in [0.29, 0.717) is 13.2 Å². The topological polar surface area (TPSA) is 41.6 Å². The van der Waals surface area contributed by atoms with Gasteiger partial charge in [-0.2, -0.15) is 0 Å². The Labute approximate surface area is 97.3 Å². The summed E-state index contributed by atoms with van der Waals surface area (Å²) in [6.07, 6.45) is 0.753. The van der Waals surface area contributed by atoms with Crippen LogP contribution in [0.25, 0.3) is 0 Å². The molecular weight excluding hydrogens is 246 g/mol. The van der Waals surface area contributed by atoms with Crippen molar-refractivity contribution in [1.29, 1.82) is 0 Å². The summed E-state index contributed by atoms with van der Waals surface area (Å²) in [5.74, 6) is -0.135. The largest absolute Gasteiger partial charge is 0.343 e. The lowest BCUT2D eigenvalue weighted by molar-refractivity contribution is 0.233. The Morgan fingerprint density at radius 1 is 1.57 bits per heavy atom. The molecule has 1 rings (SSSR count). The molecule has 0 saturated carbocycles. The Morgan fingerprint density at radius 2 is 2.36 bits per heavy atom. The lowest BCUT2D eigenvalue weighted by Gasteiger charge is -2.33. The third-order valence-corrected chi connectivity index (χ3v) is 4.18. The highest BCUT2D eigenvalue weighted by Crippen LogP contribution is 2.47. The average molecular weight is 263 g/mol. The van der Waals surface area contributed by atoms with Crippen LogP contribution in [0.5, 0.6) is 0 Å². The molecule has 0 spiro atoms. The number of alkyl halides is 2. The molecule has 0 aromatic rings. The Kier molecular flexibility index (Phi) is 4.46. The maximum absolute atomic E-state index is 12.4. The highest BCUT2D eigenvalue weighted by atomic mass is 35.5. The molecule has 7 heteroatoms. The van der Waals surface area contributed by atoms with Crippen LogP contribution in [-0.4, -0.2) is 42.6 Å². The predicted molar refractivity (Wildman–Crippen MR) is 59.2 cm³/mol. The molecule has 14 heavy (non-hydrogen) atoms. The first-order chi connectivity index (χ1) is 7.46. The molecule has 84 valence electrons. The van der Waals surface area contributed by atoms with Gasteiger partial charge in [0.1, 0.15) is 0 Å². The molecule has 0 aromatic heterocycles. The summed E-state index contributed by atoms with van der Waals surface area (Å²) in [7, 11) is -3.34.